The number of aliphatic hydroxyl groups is 1. The van der Waals surface area contributed by atoms with Crippen LogP contribution in [0.25, 0.3) is 0 Å². The first-order chi connectivity index (χ1) is 15.6. The minimum absolute atomic E-state index is 0.0841. The van der Waals surface area contributed by atoms with Crippen LogP contribution in [0.1, 0.15) is 32.1 Å². The number of aliphatic hydroxyl groups excluding tert-OH is 1. The number of guanidine groups is 1. The summed E-state index contributed by atoms with van der Waals surface area (Å²) < 4.78 is 0. The smallest absolute Gasteiger partial charge is 0.327 e. The Hall–Kier alpha value is -2.62. The lowest BCUT2D eigenvalue weighted by atomic mass is 10.1. The Labute approximate surface area is 197 Å². The largest absolute Gasteiger partial charge is 0.480 e. The first kappa shape index (κ1) is 30.4. The summed E-state index contributed by atoms with van der Waals surface area (Å²) >= 11 is 3.89. The van der Waals surface area contributed by atoms with Crippen LogP contribution < -0.4 is 38.9 Å². The molecule has 190 valence electrons. The molecule has 0 fully saturated rings. The molecule has 0 rings (SSSR count). The molecule has 0 aliphatic rings. The number of hydrogen-bond acceptors (Lipinski definition) is 9. The number of thiol groups is 1. The zero-order valence-electron chi connectivity index (χ0n) is 18.4. The van der Waals surface area contributed by atoms with Gasteiger partial charge in [-0.3, -0.25) is 19.4 Å². The lowest BCUT2D eigenvalue weighted by molar-refractivity contribution is -0.141. The number of carbonyl (C=O) groups excluding carboxylic acids is 3. The molecule has 15 heteroatoms. The molecule has 13 N–H and O–H groups in total. The van der Waals surface area contributed by atoms with Crippen molar-refractivity contribution in [2.24, 2.45) is 27.9 Å². The molecule has 4 atom stereocenters. The van der Waals surface area contributed by atoms with Crippen molar-refractivity contribution in [1.29, 1.82) is 0 Å². The maximum Gasteiger partial charge on any atom is 0.327 e. The maximum absolute atomic E-state index is 12.6. The summed E-state index contributed by atoms with van der Waals surface area (Å²) in [5.74, 6) is -3.76. The first-order valence-electron chi connectivity index (χ1n) is 10.4. The van der Waals surface area contributed by atoms with Crippen molar-refractivity contribution in [2.75, 3.05) is 25.4 Å². The van der Waals surface area contributed by atoms with Crippen molar-refractivity contribution in [2.45, 2.75) is 56.3 Å². The van der Waals surface area contributed by atoms with E-state index in [1.165, 1.54) is 0 Å². The van der Waals surface area contributed by atoms with E-state index in [-0.39, 0.29) is 31.1 Å². The van der Waals surface area contributed by atoms with Crippen LogP contribution in [0, 0.1) is 0 Å². The zero-order valence-corrected chi connectivity index (χ0v) is 19.3. The number of carboxylic acids is 1. The normalized spacial score (nSPS) is 14.3. The van der Waals surface area contributed by atoms with Gasteiger partial charge in [0.25, 0.3) is 0 Å². The molecule has 0 aromatic heterocycles. The number of aliphatic imine (C=N–C) groups is 1. The van der Waals surface area contributed by atoms with Gasteiger partial charge in [-0.1, -0.05) is 0 Å². The summed E-state index contributed by atoms with van der Waals surface area (Å²) in [5, 5.41) is 25.7. The van der Waals surface area contributed by atoms with E-state index in [4.69, 9.17) is 28.0 Å². The summed E-state index contributed by atoms with van der Waals surface area (Å²) in [6, 6.07) is -4.70. The van der Waals surface area contributed by atoms with E-state index in [0.717, 1.165) is 0 Å². The van der Waals surface area contributed by atoms with E-state index in [2.05, 4.69) is 33.6 Å². The highest BCUT2D eigenvalue weighted by molar-refractivity contribution is 7.80. The molecule has 0 spiro atoms. The molecule has 14 nitrogen and oxygen atoms in total. The van der Waals surface area contributed by atoms with Gasteiger partial charge in [-0.05, 0) is 38.6 Å². The number of nitrogens with two attached hydrogens (primary N) is 4. The van der Waals surface area contributed by atoms with Crippen molar-refractivity contribution < 1.29 is 29.4 Å². The summed E-state index contributed by atoms with van der Waals surface area (Å²) in [6.07, 6.45) is 1.87. The summed E-state index contributed by atoms with van der Waals surface area (Å²) in [7, 11) is 0. The highest BCUT2D eigenvalue weighted by Gasteiger charge is 2.29. The lowest BCUT2D eigenvalue weighted by Crippen LogP contribution is -2.58. The molecular formula is C18H36N8O6S. The fourth-order valence-electron chi connectivity index (χ4n) is 2.62. The SMILES string of the molecule is NCCCCC(NC(=O)C(CO)NC(=O)C(N)CCCN=C(N)N)C(=O)NC(CS)C(=O)O. The number of carboxylic acid groups (broad SMARTS) is 1. The molecule has 0 saturated carbocycles. The topological polar surface area (TPSA) is 261 Å². The van der Waals surface area contributed by atoms with Gasteiger partial charge in [0, 0.05) is 12.3 Å². The number of nitrogens with one attached hydrogen (secondary N) is 3. The van der Waals surface area contributed by atoms with E-state index in [0.29, 0.717) is 25.8 Å². The average molecular weight is 493 g/mol. The minimum atomic E-state index is -1.37. The van der Waals surface area contributed by atoms with Crippen LogP contribution in [0.3, 0.4) is 0 Å². The van der Waals surface area contributed by atoms with Gasteiger partial charge in [-0.15, -0.1) is 0 Å². The van der Waals surface area contributed by atoms with Crippen LogP contribution >= 0.6 is 12.6 Å². The van der Waals surface area contributed by atoms with E-state index < -0.39 is 54.5 Å². The van der Waals surface area contributed by atoms with Gasteiger partial charge >= 0.3 is 5.97 Å². The van der Waals surface area contributed by atoms with Crippen LogP contribution in [0.15, 0.2) is 4.99 Å². The molecule has 3 amide bonds. The van der Waals surface area contributed by atoms with Gasteiger partial charge < -0.3 is 49.1 Å². The monoisotopic (exact) mass is 492 g/mol. The van der Waals surface area contributed by atoms with E-state index in [9.17, 15) is 24.3 Å². The Morgan fingerprint density at radius 3 is 1.97 bits per heavy atom. The van der Waals surface area contributed by atoms with Crippen molar-refractivity contribution in [3.05, 3.63) is 0 Å². The molecule has 4 unspecified atom stereocenters. The van der Waals surface area contributed by atoms with Crippen molar-refractivity contribution in [3.8, 4) is 0 Å². The Morgan fingerprint density at radius 2 is 1.45 bits per heavy atom. The van der Waals surface area contributed by atoms with Crippen LogP contribution in [0.4, 0.5) is 0 Å². The predicted molar refractivity (Wildman–Crippen MR) is 125 cm³/mol. The molecule has 0 bridgehead atoms. The second-order valence-electron chi connectivity index (χ2n) is 7.23. The third-order valence-corrected chi connectivity index (χ3v) is 4.86. The van der Waals surface area contributed by atoms with Gasteiger partial charge in [-0.25, -0.2) is 4.79 Å². The Balaban J connectivity index is 5.05. The second kappa shape index (κ2) is 16.9. The molecule has 0 aromatic carbocycles. The third kappa shape index (κ3) is 12.9. The van der Waals surface area contributed by atoms with Gasteiger partial charge in [0.15, 0.2) is 5.96 Å². The summed E-state index contributed by atoms with van der Waals surface area (Å²) in [6.45, 7) is -0.104. The standard InChI is InChI=1S/C18H36N8O6S/c19-6-2-1-5-11(15(29)26-13(9-33)17(31)32)24-16(30)12(8-27)25-14(28)10(20)4-3-7-23-18(21)22/h10-13,27,33H,1-9,19-20H2,(H,24,30)(H,25,28)(H,26,29)(H,31,32)(H4,21,22,23). The average Bonchev–Trinajstić information content (AvgIpc) is 2.76. The Bertz CT molecular complexity index is 676. The molecule has 0 saturated heterocycles. The van der Waals surface area contributed by atoms with Crippen LogP contribution in [0.5, 0.6) is 0 Å². The third-order valence-electron chi connectivity index (χ3n) is 4.50. The van der Waals surface area contributed by atoms with Crippen molar-refractivity contribution in [3.63, 3.8) is 0 Å². The first-order valence-corrected chi connectivity index (χ1v) is 11.1. The number of hydrogen-bond donors (Lipinski definition) is 10. The molecule has 0 aliphatic carbocycles. The molecule has 0 heterocycles. The van der Waals surface area contributed by atoms with Crippen LogP contribution in [-0.4, -0.2) is 89.5 Å². The second-order valence-corrected chi connectivity index (χ2v) is 7.59. The number of carbonyl (C=O) groups is 4. The zero-order chi connectivity index (χ0) is 25.4. The molecule has 0 radical (unpaired) electrons. The van der Waals surface area contributed by atoms with E-state index >= 15 is 0 Å². The number of amides is 3. The highest BCUT2D eigenvalue weighted by atomic mass is 32.1. The van der Waals surface area contributed by atoms with Gasteiger partial charge in [0.1, 0.15) is 18.1 Å². The summed E-state index contributed by atoms with van der Waals surface area (Å²) in [5.41, 5.74) is 21.7. The predicted octanol–water partition coefficient (Wildman–Crippen LogP) is -4.04. The molecule has 33 heavy (non-hydrogen) atoms. The number of unbranched alkanes of at least 4 members (excludes halogenated alkanes) is 1. The lowest BCUT2D eigenvalue weighted by Gasteiger charge is -2.24. The summed E-state index contributed by atoms with van der Waals surface area (Å²) in [4.78, 5) is 52.3. The van der Waals surface area contributed by atoms with Crippen molar-refractivity contribution >= 4 is 42.3 Å². The number of nitrogens with zero attached hydrogens (tertiary/aromatic N) is 1. The van der Waals surface area contributed by atoms with Crippen molar-refractivity contribution in [1.82, 2.24) is 16.0 Å². The van der Waals surface area contributed by atoms with Gasteiger partial charge in [-0.2, -0.15) is 12.6 Å². The molecule has 0 aromatic rings. The highest BCUT2D eigenvalue weighted by Crippen LogP contribution is 2.04. The Kier molecular flexibility index (Phi) is 15.6. The van der Waals surface area contributed by atoms with E-state index in [1.54, 1.807) is 0 Å². The number of aliphatic carboxylic acids is 1. The van der Waals surface area contributed by atoms with Gasteiger partial charge in [0.05, 0.1) is 12.6 Å². The molecular weight excluding hydrogens is 456 g/mol. The minimum Gasteiger partial charge on any atom is -0.480 e. The quantitative estimate of drug-likeness (QED) is 0.0406. The fourth-order valence-corrected chi connectivity index (χ4v) is 2.86. The fraction of sp³-hybridized carbons (Fsp3) is 0.722. The van der Waals surface area contributed by atoms with Gasteiger partial charge in [0.2, 0.25) is 17.7 Å². The van der Waals surface area contributed by atoms with Crippen LogP contribution in [0.2, 0.25) is 0 Å². The number of rotatable bonds is 17. The Morgan fingerprint density at radius 1 is 0.879 bits per heavy atom. The van der Waals surface area contributed by atoms with Crippen LogP contribution in [-0.2, 0) is 19.2 Å². The van der Waals surface area contributed by atoms with E-state index in [1.807, 2.05) is 0 Å². The molecule has 0 aliphatic heterocycles. The maximum atomic E-state index is 12.6.